The minimum Gasteiger partial charge on any atom is -0.481 e. The van der Waals surface area contributed by atoms with Gasteiger partial charge in [0.15, 0.2) is 6.10 Å². The zero-order valence-electron chi connectivity index (χ0n) is 9.31. The average Bonchev–Trinajstić information content (AvgIpc) is 2.26. The van der Waals surface area contributed by atoms with Crippen LogP contribution >= 0.6 is 0 Å². The van der Waals surface area contributed by atoms with Crippen LogP contribution in [0.5, 0.6) is 0 Å². The Hall–Kier alpha value is -1.75. The van der Waals surface area contributed by atoms with Crippen LogP contribution in [0.25, 0.3) is 0 Å². The molecule has 0 amide bonds. The summed E-state index contributed by atoms with van der Waals surface area (Å²) >= 11 is 0. The molecule has 18 heavy (non-hydrogen) atoms. The van der Waals surface area contributed by atoms with Crippen molar-refractivity contribution in [3.63, 3.8) is 0 Å². The molecule has 0 saturated heterocycles. The molecule has 2 unspecified atom stereocenters. The number of nitrogens with two attached hydrogens (primary N) is 2. The molecular weight excluding hydrogens is 252 g/mol. The summed E-state index contributed by atoms with van der Waals surface area (Å²) in [5.41, 5.74) is 6.58. The largest absolute Gasteiger partial charge is 0.481 e. The van der Waals surface area contributed by atoms with E-state index in [2.05, 4.69) is 0 Å². The van der Waals surface area contributed by atoms with Gasteiger partial charge in [-0.1, -0.05) is 0 Å². The van der Waals surface area contributed by atoms with Crippen molar-refractivity contribution in [1.82, 2.24) is 0 Å². The minimum atomic E-state index is -3.22. The first-order valence-electron chi connectivity index (χ1n) is 4.62. The summed E-state index contributed by atoms with van der Waals surface area (Å²) in [5, 5.41) is 42.6. The van der Waals surface area contributed by atoms with Crippen molar-refractivity contribution in [3.05, 3.63) is 0 Å². The second-order valence-electron chi connectivity index (χ2n) is 3.12. The van der Waals surface area contributed by atoms with Crippen LogP contribution in [-0.2, 0) is 14.4 Å². The van der Waals surface area contributed by atoms with Gasteiger partial charge in [-0.05, 0) is 0 Å². The van der Waals surface area contributed by atoms with Gasteiger partial charge >= 0.3 is 17.9 Å². The number of carboxylic acid groups (broad SMARTS) is 3. The average molecular weight is 268 g/mol. The second kappa shape index (κ2) is 8.36. The highest BCUT2D eigenvalue weighted by molar-refractivity contribution is 5.90. The lowest BCUT2D eigenvalue weighted by Gasteiger charge is -2.23. The van der Waals surface area contributed by atoms with Crippen LogP contribution in [0.3, 0.4) is 0 Å². The van der Waals surface area contributed by atoms with E-state index in [1.54, 1.807) is 0 Å². The van der Waals surface area contributed by atoms with Crippen molar-refractivity contribution in [3.8, 4) is 0 Å². The first-order chi connectivity index (χ1) is 8.13. The van der Waals surface area contributed by atoms with Crippen LogP contribution in [0.4, 0.5) is 0 Å². The molecule has 0 aromatic heterocycles. The van der Waals surface area contributed by atoms with E-state index in [9.17, 15) is 14.4 Å². The van der Waals surface area contributed by atoms with Gasteiger partial charge in [0, 0.05) is 13.1 Å². The van der Waals surface area contributed by atoms with E-state index in [1.807, 2.05) is 0 Å². The van der Waals surface area contributed by atoms with Crippen LogP contribution in [0.15, 0.2) is 0 Å². The molecule has 106 valence electrons. The Morgan fingerprint density at radius 2 is 1.44 bits per heavy atom. The molecule has 0 aromatic carbocycles. The fourth-order valence-electron chi connectivity index (χ4n) is 0.724. The van der Waals surface area contributed by atoms with E-state index in [4.69, 9.17) is 37.0 Å². The summed E-state index contributed by atoms with van der Waals surface area (Å²) < 4.78 is 0. The van der Waals surface area contributed by atoms with Gasteiger partial charge in [-0.2, -0.15) is 0 Å². The lowest BCUT2D eigenvalue weighted by molar-refractivity contribution is -0.187. The quantitative estimate of drug-likeness (QED) is 0.254. The van der Waals surface area contributed by atoms with Gasteiger partial charge in [0.1, 0.15) is 0 Å². The summed E-state index contributed by atoms with van der Waals surface area (Å²) in [6, 6.07) is 0. The van der Waals surface area contributed by atoms with Crippen molar-refractivity contribution in [2.75, 3.05) is 13.1 Å². The molecule has 0 bridgehead atoms. The van der Waals surface area contributed by atoms with Crippen molar-refractivity contribution >= 4 is 17.9 Å². The van der Waals surface area contributed by atoms with Crippen molar-refractivity contribution in [2.45, 2.75) is 18.1 Å². The Balaban J connectivity index is 0. The zero-order chi connectivity index (χ0) is 14.9. The van der Waals surface area contributed by atoms with Gasteiger partial charge in [0.05, 0.1) is 6.42 Å². The van der Waals surface area contributed by atoms with Crippen LogP contribution in [0, 0.1) is 0 Å². The Morgan fingerprint density at radius 1 is 1.06 bits per heavy atom. The lowest BCUT2D eigenvalue weighted by Crippen LogP contribution is -2.54. The van der Waals surface area contributed by atoms with Gasteiger partial charge in [-0.3, -0.25) is 4.79 Å². The predicted octanol–water partition coefficient (Wildman–Crippen LogP) is -3.37. The fraction of sp³-hybridized carbons (Fsp3) is 0.625. The Labute approximate surface area is 101 Å². The van der Waals surface area contributed by atoms with Crippen molar-refractivity contribution in [2.24, 2.45) is 11.5 Å². The molecular formula is C8H16N2O8. The van der Waals surface area contributed by atoms with E-state index in [0.717, 1.165) is 0 Å². The monoisotopic (exact) mass is 268 g/mol. The molecule has 0 spiro atoms. The number of aliphatic carboxylic acids is 3. The first kappa shape index (κ1) is 18.6. The number of aliphatic hydroxyl groups is 2. The number of carbonyl (C=O) groups is 3. The van der Waals surface area contributed by atoms with E-state index < -0.39 is 36.0 Å². The highest BCUT2D eigenvalue weighted by Gasteiger charge is 2.49. The highest BCUT2D eigenvalue weighted by atomic mass is 16.4. The summed E-state index contributed by atoms with van der Waals surface area (Å²) in [5.74, 6) is -5.87. The molecule has 0 rings (SSSR count). The lowest BCUT2D eigenvalue weighted by atomic mass is 9.93. The standard InChI is InChI=1S/C6H8O8.C2H8N2/c7-2(8)1-6(14,5(12)13)3(9)4(10)11;3-1-2-4/h3,9,14H,1H2,(H,7,8)(H,10,11)(H,12,13);1-4H2. The first-order valence-corrected chi connectivity index (χ1v) is 4.62. The molecule has 0 aliphatic heterocycles. The third kappa shape index (κ3) is 6.10. The normalized spacial score (nSPS) is 14.7. The maximum atomic E-state index is 10.4. The molecule has 0 heterocycles. The number of carboxylic acids is 3. The minimum absolute atomic E-state index is 0.597. The molecule has 10 nitrogen and oxygen atoms in total. The summed E-state index contributed by atoms with van der Waals surface area (Å²) in [4.78, 5) is 30.7. The summed E-state index contributed by atoms with van der Waals surface area (Å²) in [6.07, 6.45) is -4.11. The molecule has 0 aromatic rings. The molecule has 0 fully saturated rings. The highest BCUT2D eigenvalue weighted by Crippen LogP contribution is 2.16. The molecule has 0 saturated carbocycles. The molecule has 10 heteroatoms. The second-order valence-corrected chi connectivity index (χ2v) is 3.12. The molecule has 0 aliphatic rings. The Morgan fingerprint density at radius 3 is 1.61 bits per heavy atom. The number of hydrogen-bond donors (Lipinski definition) is 7. The van der Waals surface area contributed by atoms with Crippen molar-refractivity contribution in [1.29, 1.82) is 0 Å². The summed E-state index contributed by atoms with van der Waals surface area (Å²) in [6.45, 7) is 1.19. The van der Waals surface area contributed by atoms with Crippen LogP contribution in [0.2, 0.25) is 0 Å². The van der Waals surface area contributed by atoms with Gasteiger partial charge < -0.3 is 37.0 Å². The van der Waals surface area contributed by atoms with Crippen LogP contribution in [-0.4, -0.2) is 68.2 Å². The van der Waals surface area contributed by atoms with Crippen molar-refractivity contribution < 1.29 is 39.9 Å². The van der Waals surface area contributed by atoms with E-state index >= 15 is 0 Å². The third-order valence-electron chi connectivity index (χ3n) is 1.64. The van der Waals surface area contributed by atoms with Crippen LogP contribution < -0.4 is 11.5 Å². The van der Waals surface area contributed by atoms with Gasteiger partial charge in [0.25, 0.3) is 0 Å². The smallest absolute Gasteiger partial charge is 0.339 e. The van der Waals surface area contributed by atoms with E-state index in [-0.39, 0.29) is 0 Å². The van der Waals surface area contributed by atoms with E-state index in [1.165, 1.54) is 0 Å². The Kier molecular flexibility index (Phi) is 8.64. The predicted molar refractivity (Wildman–Crippen MR) is 56.6 cm³/mol. The molecule has 0 aliphatic carbocycles. The number of rotatable bonds is 6. The fourth-order valence-corrected chi connectivity index (χ4v) is 0.724. The van der Waals surface area contributed by atoms with E-state index in [0.29, 0.717) is 13.1 Å². The van der Waals surface area contributed by atoms with Gasteiger partial charge in [-0.25, -0.2) is 9.59 Å². The molecule has 0 radical (unpaired) electrons. The maximum absolute atomic E-state index is 10.4. The maximum Gasteiger partial charge on any atom is 0.339 e. The summed E-state index contributed by atoms with van der Waals surface area (Å²) in [7, 11) is 0. The van der Waals surface area contributed by atoms with Crippen LogP contribution in [0.1, 0.15) is 6.42 Å². The molecule has 2 atom stereocenters. The number of hydrogen-bond acceptors (Lipinski definition) is 7. The van der Waals surface area contributed by atoms with Gasteiger partial charge in [-0.15, -0.1) is 0 Å². The Bertz CT molecular complexity index is 305. The molecule has 9 N–H and O–H groups in total. The SMILES string of the molecule is NCCN.O=C(O)CC(O)(C(=O)O)C(O)C(=O)O. The number of aliphatic hydroxyl groups excluding tert-OH is 1. The zero-order valence-corrected chi connectivity index (χ0v) is 9.31. The van der Waals surface area contributed by atoms with Gasteiger partial charge in [0.2, 0.25) is 5.60 Å². The topological polar surface area (TPSA) is 204 Å². The third-order valence-corrected chi connectivity index (χ3v) is 1.64.